The van der Waals surface area contributed by atoms with Gasteiger partial charge in [-0.25, -0.2) is 8.78 Å². The van der Waals surface area contributed by atoms with Crippen molar-refractivity contribution in [3.05, 3.63) is 69.3 Å². The van der Waals surface area contributed by atoms with Crippen LogP contribution in [0.3, 0.4) is 0 Å². The Balaban J connectivity index is 2.62. The third-order valence-corrected chi connectivity index (χ3v) is 4.03. The molecule has 0 bridgehead atoms. The molecule has 0 amide bonds. The normalized spacial score (nSPS) is 12.6. The van der Waals surface area contributed by atoms with Crippen LogP contribution < -0.4 is 5.73 Å². The van der Waals surface area contributed by atoms with Crippen LogP contribution in [0.15, 0.2) is 24.3 Å². The standard InChI is InChI=1S/C17H19F2N/c1-9-7-10(2)12(4)16(11(9)3)17(20)14-6-5-13(18)8-15(14)19/h5-8,17H,20H2,1-4H3. The maximum atomic E-state index is 13.9. The first-order valence-electron chi connectivity index (χ1n) is 6.60. The van der Waals surface area contributed by atoms with E-state index >= 15 is 0 Å². The highest BCUT2D eigenvalue weighted by atomic mass is 19.1. The van der Waals surface area contributed by atoms with E-state index in [4.69, 9.17) is 5.73 Å². The first kappa shape index (κ1) is 14.7. The molecule has 0 aromatic heterocycles. The molecule has 0 radical (unpaired) electrons. The van der Waals surface area contributed by atoms with Crippen LogP contribution in [0.4, 0.5) is 8.78 Å². The van der Waals surface area contributed by atoms with E-state index in [1.165, 1.54) is 12.1 Å². The second-order valence-electron chi connectivity index (χ2n) is 5.32. The smallest absolute Gasteiger partial charge is 0.131 e. The Morgan fingerprint density at radius 1 is 0.900 bits per heavy atom. The van der Waals surface area contributed by atoms with Gasteiger partial charge in [-0.15, -0.1) is 0 Å². The molecule has 2 N–H and O–H groups in total. The van der Waals surface area contributed by atoms with Crippen LogP contribution in [0, 0.1) is 39.3 Å². The molecule has 0 saturated carbocycles. The summed E-state index contributed by atoms with van der Waals surface area (Å²) in [6.45, 7) is 7.99. The number of benzene rings is 2. The fourth-order valence-electron chi connectivity index (χ4n) is 2.62. The molecule has 2 aromatic carbocycles. The lowest BCUT2D eigenvalue weighted by Crippen LogP contribution is -2.17. The molecule has 0 saturated heterocycles. The number of rotatable bonds is 2. The summed E-state index contributed by atoms with van der Waals surface area (Å²) in [6, 6.07) is 5.05. The third-order valence-electron chi connectivity index (χ3n) is 4.03. The molecule has 106 valence electrons. The zero-order valence-electron chi connectivity index (χ0n) is 12.2. The SMILES string of the molecule is Cc1cc(C)c(C)c(C(N)c2ccc(F)cc2F)c1C. The van der Waals surface area contributed by atoms with Crippen molar-refractivity contribution in [1.82, 2.24) is 0 Å². The van der Waals surface area contributed by atoms with E-state index in [0.717, 1.165) is 33.9 Å². The first-order valence-corrected chi connectivity index (χ1v) is 6.60. The van der Waals surface area contributed by atoms with Gasteiger partial charge < -0.3 is 5.73 Å². The van der Waals surface area contributed by atoms with Gasteiger partial charge in [0.15, 0.2) is 0 Å². The predicted octanol–water partition coefficient (Wildman–Crippen LogP) is 4.25. The molecular formula is C17H19F2N. The fraction of sp³-hybridized carbons (Fsp3) is 0.294. The minimum atomic E-state index is -0.601. The molecule has 20 heavy (non-hydrogen) atoms. The largest absolute Gasteiger partial charge is 0.320 e. The van der Waals surface area contributed by atoms with Crippen LogP contribution in [0.2, 0.25) is 0 Å². The van der Waals surface area contributed by atoms with Crippen molar-refractivity contribution in [3.8, 4) is 0 Å². The second kappa shape index (κ2) is 5.33. The Morgan fingerprint density at radius 3 is 1.95 bits per heavy atom. The number of halogens is 2. The summed E-state index contributed by atoms with van der Waals surface area (Å²) in [5.41, 5.74) is 11.9. The van der Waals surface area contributed by atoms with Gasteiger partial charge >= 0.3 is 0 Å². The molecule has 2 rings (SSSR count). The van der Waals surface area contributed by atoms with Crippen molar-refractivity contribution < 1.29 is 8.78 Å². The molecule has 0 aliphatic heterocycles. The van der Waals surface area contributed by atoms with Gasteiger partial charge in [0, 0.05) is 11.6 Å². The first-order chi connectivity index (χ1) is 9.32. The predicted molar refractivity (Wildman–Crippen MR) is 77.8 cm³/mol. The molecule has 0 aliphatic carbocycles. The highest BCUT2D eigenvalue weighted by Crippen LogP contribution is 2.31. The molecule has 0 spiro atoms. The second-order valence-corrected chi connectivity index (χ2v) is 5.32. The van der Waals surface area contributed by atoms with Crippen LogP contribution in [-0.4, -0.2) is 0 Å². The van der Waals surface area contributed by atoms with E-state index in [1.807, 2.05) is 27.7 Å². The summed E-state index contributed by atoms with van der Waals surface area (Å²) < 4.78 is 27.0. The number of aryl methyl sites for hydroxylation is 2. The maximum absolute atomic E-state index is 13.9. The minimum absolute atomic E-state index is 0.322. The lowest BCUT2D eigenvalue weighted by molar-refractivity contribution is 0.565. The Hall–Kier alpha value is -1.74. The molecule has 1 nitrogen and oxygen atoms in total. The molecular weight excluding hydrogens is 256 g/mol. The highest BCUT2D eigenvalue weighted by molar-refractivity contribution is 5.48. The number of hydrogen-bond acceptors (Lipinski definition) is 1. The van der Waals surface area contributed by atoms with Crippen LogP contribution in [-0.2, 0) is 0 Å². The van der Waals surface area contributed by atoms with Crippen molar-refractivity contribution in [2.45, 2.75) is 33.7 Å². The maximum Gasteiger partial charge on any atom is 0.131 e. The lowest BCUT2D eigenvalue weighted by atomic mass is 9.87. The Labute approximate surface area is 118 Å². The van der Waals surface area contributed by atoms with Gasteiger partial charge in [0.2, 0.25) is 0 Å². The zero-order valence-corrected chi connectivity index (χ0v) is 12.2. The summed E-state index contributed by atoms with van der Waals surface area (Å²) in [5, 5.41) is 0. The summed E-state index contributed by atoms with van der Waals surface area (Å²) >= 11 is 0. The quantitative estimate of drug-likeness (QED) is 0.871. The van der Waals surface area contributed by atoms with Gasteiger partial charge in [-0.05, 0) is 61.6 Å². The van der Waals surface area contributed by atoms with E-state index < -0.39 is 17.7 Å². The van der Waals surface area contributed by atoms with Crippen molar-refractivity contribution in [2.75, 3.05) is 0 Å². The average Bonchev–Trinajstić information content (AvgIpc) is 2.36. The topological polar surface area (TPSA) is 26.0 Å². The Bertz CT molecular complexity index is 636. The number of hydrogen-bond donors (Lipinski definition) is 1. The fourth-order valence-corrected chi connectivity index (χ4v) is 2.62. The molecule has 0 heterocycles. The zero-order chi connectivity index (χ0) is 15.0. The van der Waals surface area contributed by atoms with Crippen LogP contribution in [0.1, 0.15) is 39.4 Å². The third kappa shape index (κ3) is 2.46. The highest BCUT2D eigenvalue weighted by Gasteiger charge is 2.20. The van der Waals surface area contributed by atoms with Crippen molar-refractivity contribution in [2.24, 2.45) is 5.73 Å². The average molecular weight is 275 g/mol. The molecule has 2 aromatic rings. The van der Waals surface area contributed by atoms with Gasteiger partial charge in [0.25, 0.3) is 0 Å². The molecule has 0 fully saturated rings. The van der Waals surface area contributed by atoms with Crippen LogP contribution in [0.5, 0.6) is 0 Å². The van der Waals surface area contributed by atoms with E-state index in [9.17, 15) is 8.78 Å². The van der Waals surface area contributed by atoms with E-state index in [2.05, 4.69) is 6.07 Å². The molecule has 1 atom stereocenters. The lowest BCUT2D eigenvalue weighted by Gasteiger charge is -2.21. The van der Waals surface area contributed by atoms with E-state index in [0.29, 0.717) is 5.56 Å². The van der Waals surface area contributed by atoms with E-state index in [1.54, 1.807) is 0 Å². The summed E-state index contributed by atoms with van der Waals surface area (Å²) in [4.78, 5) is 0. The van der Waals surface area contributed by atoms with Gasteiger partial charge in [-0.1, -0.05) is 12.1 Å². The Kier molecular flexibility index (Phi) is 3.91. The van der Waals surface area contributed by atoms with Gasteiger partial charge in [-0.2, -0.15) is 0 Å². The summed E-state index contributed by atoms with van der Waals surface area (Å²) in [7, 11) is 0. The van der Waals surface area contributed by atoms with E-state index in [-0.39, 0.29) is 0 Å². The van der Waals surface area contributed by atoms with Crippen molar-refractivity contribution in [3.63, 3.8) is 0 Å². The monoisotopic (exact) mass is 275 g/mol. The van der Waals surface area contributed by atoms with Crippen LogP contribution in [0.25, 0.3) is 0 Å². The summed E-state index contributed by atoms with van der Waals surface area (Å²) in [5.74, 6) is -1.19. The van der Waals surface area contributed by atoms with Gasteiger partial charge in [0.05, 0.1) is 6.04 Å². The van der Waals surface area contributed by atoms with Crippen molar-refractivity contribution >= 4 is 0 Å². The molecule has 1 unspecified atom stereocenters. The molecule has 0 aliphatic rings. The number of nitrogens with two attached hydrogens (primary N) is 1. The minimum Gasteiger partial charge on any atom is -0.320 e. The van der Waals surface area contributed by atoms with Gasteiger partial charge in [0.1, 0.15) is 11.6 Å². The summed E-state index contributed by atoms with van der Waals surface area (Å²) in [6.07, 6.45) is 0. The van der Waals surface area contributed by atoms with Crippen LogP contribution >= 0.6 is 0 Å². The Morgan fingerprint density at radius 2 is 1.45 bits per heavy atom. The van der Waals surface area contributed by atoms with Gasteiger partial charge in [-0.3, -0.25) is 0 Å². The molecule has 3 heteroatoms. The van der Waals surface area contributed by atoms with Crippen molar-refractivity contribution in [1.29, 1.82) is 0 Å².